The van der Waals surface area contributed by atoms with Crippen LogP contribution >= 0.6 is 0 Å². The van der Waals surface area contributed by atoms with Crippen molar-refractivity contribution in [3.8, 4) is 11.5 Å². The minimum Gasteiger partial charge on any atom is -0.497 e. The first-order valence-electron chi connectivity index (χ1n) is 10.2. The molecule has 0 spiro atoms. The van der Waals surface area contributed by atoms with Crippen molar-refractivity contribution in [3.05, 3.63) is 83.9 Å². The Bertz CT molecular complexity index is 987. The van der Waals surface area contributed by atoms with E-state index in [1.165, 1.54) is 0 Å². The van der Waals surface area contributed by atoms with E-state index in [0.717, 1.165) is 53.3 Å². The summed E-state index contributed by atoms with van der Waals surface area (Å²) in [5, 5.41) is 3.01. The molecule has 0 fully saturated rings. The molecule has 0 unspecified atom stereocenters. The summed E-state index contributed by atoms with van der Waals surface area (Å²) >= 11 is 0. The minimum atomic E-state index is -0.124. The van der Waals surface area contributed by atoms with Crippen molar-refractivity contribution in [2.24, 2.45) is 0 Å². The number of rotatable bonds is 5. The Morgan fingerprint density at radius 3 is 2.50 bits per heavy atom. The number of carbonyl (C=O) groups excluding carboxylic acids is 1. The molecule has 4 rings (SSSR count). The van der Waals surface area contributed by atoms with E-state index in [0.29, 0.717) is 13.2 Å². The Morgan fingerprint density at radius 2 is 1.73 bits per heavy atom. The summed E-state index contributed by atoms with van der Waals surface area (Å²) in [5.41, 5.74) is 3.96. The molecule has 0 bridgehead atoms. The summed E-state index contributed by atoms with van der Waals surface area (Å²) in [6.45, 7) is 1.21. The first kappa shape index (κ1) is 19.8. The zero-order chi connectivity index (χ0) is 20.8. The SMILES string of the molecule is COc1ccc2c(c1)CCCCN2C(=O)Nc1ccc(OCc2ccccc2)cc1. The molecule has 1 aliphatic rings. The molecular formula is C25H26N2O3. The van der Waals surface area contributed by atoms with E-state index >= 15 is 0 Å². The Balaban J connectivity index is 1.41. The Kier molecular flexibility index (Phi) is 6.18. The molecule has 1 heterocycles. The fourth-order valence-corrected chi connectivity index (χ4v) is 3.64. The van der Waals surface area contributed by atoms with Crippen LogP contribution in [0.5, 0.6) is 11.5 Å². The molecular weight excluding hydrogens is 376 g/mol. The highest BCUT2D eigenvalue weighted by molar-refractivity contribution is 6.02. The lowest BCUT2D eigenvalue weighted by atomic mass is 10.1. The lowest BCUT2D eigenvalue weighted by Gasteiger charge is -2.23. The van der Waals surface area contributed by atoms with Crippen LogP contribution in [-0.2, 0) is 13.0 Å². The third-order valence-electron chi connectivity index (χ3n) is 5.25. The number of hydrogen-bond donors (Lipinski definition) is 1. The predicted molar refractivity (Wildman–Crippen MR) is 120 cm³/mol. The molecule has 30 heavy (non-hydrogen) atoms. The molecule has 0 aromatic heterocycles. The van der Waals surface area contributed by atoms with Crippen molar-refractivity contribution in [2.75, 3.05) is 23.9 Å². The second-order valence-electron chi connectivity index (χ2n) is 7.33. The first-order chi connectivity index (χ1) is 14.7. The lowest BCUT2D eigenvalue weighted by Crippen LogP contribution is -2.35. The highest BCUT2D eigenvalue weighted by Crippen LogP contribution is 2.30. The van der Waals surface area contributed by atoms with Crippen molar-refractivity contribution in [2.45, 2.75) is 25.9 Å². The monoisotopic (exact) mass is 402 g/mol. The van der Waals surface area contributed by atoms with Crippen LogP contribution in [0.15, 0.2) is 72.8 Å². The zero-order valence-corrected chi connectivity index (χ0v) is 17.1. The van der Waals surface area contributed by atoms with Crippen molar-refractivity contribution >= 4 is 17.4 Å². The summed E-state index contributed by atoms with van der Waals surface area (Å²) in [4.78, 5) is 14.8. The number of carbonyl (C=O) groups is 1. The number of methoxy groups -OCH3 is 1. The quantitative estimate of drug-likeness (QED) is 0.600. The third kappa shape index (κ3) is 4.74. The Morgan fingerprint density at radius 1 is 0.967 bits per heavy atom. The van der Waals surface area contributed by atoms with Crippen LogP contribution in [0.3, 0.4) is 0 Å². The maximum atomic E-state index is 13.0. The van der Waals surface area contributed by atoms with E-state index in [4.69, 9.17) is 9.47 Å². The van der Waals surface area contributed by atoms with Crippen LogP contribution in [0, 0.1) is 0 Å². The van der Waals surface area contributed by atoms with Gasteiger partial charge in [-0.25, -0.2) is 4.79 Å². The zero-order valence-electron chi connectivity index (χ0n) is 17.1. The molecule has 154 valence electrons. The predicted octanol–water partition coefficient (Wildman–Crippen LogP) is 5.65. The van der Waals surface area contributed by atoms with E-state index in [1.54, 1.807) is 7.11 Å². The smallest absolute Gasteiger partial charge is 0.326 e. The molecule has 1 N–H and O–H groups in total. The number of amides is 2. The Labute approximate surface area is 177 Å². The summed E-state index contributed by atoms with van der Waals surface area (Å²) in [6, 6.07) is 23.3. The molecule has 0 aliphatic carbocycles. The van der Waals surface area contributed by atoms with Crippen molar-refractivity contribution < 1.29 is 14.3 Å². The lowest BCUT2D eigenvalue weighted by molar-refractivity contribution is 0.257. The molecule has 3 aromatic rings. The summed E-state index contributed by atoms with van der Waals surface area (Å²) in [5.74, 6) is 1.59. The fourth-order valence-electron chi connectivity index (χ4n) is 3.64. The molecule has 0 atom stereocenters. The van der Waals surface area contributed by atoms with Crippen LogP contribution in [0.4, 0.5) is 16.2 Å². The molecule has 1 aliphatic heterocycles. The highest BCUT2D eigenvalue weighted by Gasteiger charge is 2.21. The van der Waals surface area contributed by atoms with E-state index in [2.05, 4.69) is 5.32 Å². The average molecular weight is 402 g/mol. The minimum absolute atomic E-state index is 0.124. The van der Waals surface area contributed by atoms with Crippen LogP contribution in [0.1, 0.15) is 24.0 Å². The van der Waals surface area contributed by atoms with Gasteiger partial charge in [-0.05, 0) is 72.9 Å². The number of anilines is 2. The van der Waals surface area contributed by atoms with E-state index < -0.39 is 0 Å². The summed E-state index contributed by atoms with van der Waals surface area (Å²) in [6.07, 6.45) is 2.97. The van der Waals surface area contributed by atoms with E-state index in [1.807, 2.05) is 77.7 Å². The molecule has 5 nitrogen and oxygen atoms in total. The van der Waals surface area contributed by atoms with Gasteiger partial charge in [-0.15, -0.1) is 0 Å². The van der Waals surface area contributed by atoms with Gasteiger partial charge < -0.3 is 14.8 Å². The molecule has 0 radical (unpaired) electrons. The van der Waals surface area contributed by atoms with Gasteiger partial charge in [-0.2, -0.15) is 0 Å². The number of ether oxygens (including phenoxy) is 2. The third-order valence-corrected chi connectivity index (χ3v) is 5.25. The summed E-state index contributed by atoms with van der Waals surface area (Å²) in [7, 11) is 1.66. The van der Waals surface area contributed by atoms with Crippen LogP contribution < -0.4 is 19.7 Å². The second kappa shape index (κ2) is 9.35. The van der Waals surface area contributed by atoms with Gasteiger partial charge >= 0.3 is 6.03 Å². The fraction of sp³-hybridized carbons (Fsp3) is 0.240. The number of urea groups is 1. The molecule has 3 aromatic carbocycles. The molecule has 2 amide bonds. The van der Waals surface area contributed by atoms with Crippen molar-refractivity contribution in [1.29, 1.82) is 0 Å². The van der Waals surface area contributed by atoms with Crippen molar-refractivity contribution in [3.63, 3.8) is 0 Å². The van der Waals surface area contributed by atoms with Crippen LogP contribution in [0.2, 0.25) is 0 Å². The number of benzene rings is 3. The van der Waals surface area contributed by atoms with Gasteiger partial charge in [0.2, 0.25) is 0 Å². The van der Waals surface area contributed by atoms with E-state index in [9.17, 15) is 4.79 Å². The molecule has 0 saturated carbocycles. The van der Waals surface area contributed by atoms with Crippen LogP contribution in [-0.4, -0.2) is 19.7 Å². The number of nitrogens with one attached hydrogen (secondary N) is 1. The molecule has 0 saturated heterocycles. The van der Waals surface area contributed by atoms with Gasteiger partial charge in [0.1, 0.15) is 18.1 Å². The number of aryl methyl sites for hydroxylation is 1. The van der Waals surface area contributed by atoms with Gasteiger partial charge in [-0.3, -0.25) is 4.90 Å². The van der Waals surface area contributed by atoms with Gasteiger partial charge in [0.05, 0.1) is 7.11 Å². The van der Waals surface area contributed by atoms with Crippen LogP contribution in [0.25, 0.3) is 0 Å². The summed E-state index contributed by atoms with van der Waals surface area (Å²) < 4.78 is 11.2. The van der Waals surface area contributed by atoms with Gasteiger partial charge in [0.25, 0.3) is 0 Å². The van der Waals surface area contributed by atoms with Gasteiger partial charge in [0, 0.05) is 17.9 Å². The maximum absolute atomic E-state index is 13.0. The van der Waals surface area contributed by atoms with Crippen molar-refractivity contribution in [1.82, 2.24) is 0 Å². The number of nitrogens with zero attached hydrogens (tertiary/aromatic N) is 1. The largest absolute Gasteiger partial charge is 0.497 e. The van der Waals surface area contributed by atoms with Gasteiger partial charge in [-0.1, -0.05) is 30.3 Å². The second-order valence-corrected chi connectivity index (χ2v) is 7.33. The maximum Gasteiger partial charge on any atom is 0.326 e. The number of fused-ring (bicyclic) bond motifs is 1. The topological polar surface area (TPSA) is 50.8 Å². The Hall–Kier alpha value is -3.47. The molecule has 5 heteroatoms. The van der Waals surface area contributed by atoms with E-state index in [-0.39, 0.29) is 6.03 Å². The first-order valence-corrected chi connectivity index (χ1v) is 10.2. The average Bonchev–Trinajstić information content (AvgIpc) is 3.01. The highest BCUT2D eigenvalue weighted by atomic mass is 16.5. The van der Waals surface area contributed by atoms with Gasteiger partial charge in [0.15, 0.2) is 0 Å². The standard InChI is InChI=1S/C25H26N2O3/c1-29-23-14-15-24-20(17-23)9-5-6-16-27(24)25(28)26-21-10-12-22(13-11-21)30-18-19-7-3-2-4-8-19/h2-4,7-8,10-15,17H,5-6,9,16,18H2,1H3,(H,26,28). The normalized spacial score (nSPS) is 13.2. The number of hydrogen-bond acceptors (Lipinski definition) is 3.